The third-order valence-electron chi connectivity index (χ3n) is 12.8. The molecule has 4 fully saturated rings. The van der Waals surface area contributed by atoms with E-state index in [-0.39, 0.29) is 70.3 Å². The number of carbonyl (C=O) groups is 2. The quantitative estimate of drug-likeness (QED) is 0.185. The number of amides is 4. The number of fused-ring (bicyclic) bond motifs is 2. The van der Waals surface area contributed by atoms with Gasteiger partial charge in [-0.1, -0.05) is 38.1 Å². The summed E-state index contributed by atoms with van der Waals surface area (Å²) in [6.45, 7) is 10.4. The van der Waals surface area contributed by atoms with Gasteiger partial charge in [0.05, 0.1) is 0 Å². The normalized spacial score (nSPS) is 23.3. The van der Waals surface area contributed by atoms with E-state index in [9.17, 15) is 35.9 Å². The molecule has 0 aliphatic carbocycles. The molecule has 4 aromatic rings. The first-order valence-corrected chi connectivity index (χ1v) is 22.1. The number of ether oxygens (including phenoxy) is 2. The first-order chi connectivity index (χ1) is 30.4. The van der Waals surface area contributed by atoms with Gasteiger partial charge in [-0.05, 0) is 126 Å². The number of nitrogens with one attached hydrogen (secondary N) is 2. The average Bonchev–Trinajstić information content (AvgIpc) is 3.24. The maximum absolute atomic E-state index is 13.0. The zero-order chi connectivity index (χ0) is 45.8. The number of rotatable bonds is 6. The summed E-state index contributed by atoms with van der Waals surface area (Å²) in [6, 6.07) is 13.2. The Hall–Kier alpha value is -5.10. The lowest BCUT2D eigenvalue weighted by Crippen LogP contribution is -2.52. The third kappa shape index (κ3) is 12.2. The van der Waals surface area contributed by atoms with Crippen LogP contribution in [0.25, 0.3) is 21.8 Å². The molecule has 6 heterocycles. The Morgan fingerprint density at radius 2 is 0.969 bits per heavy atom. The number of aromatic nitrogens is 2. The van der Waals surface area contributed by atoms with Crippen LogP contribution in [0, 0.1) is 11.8 Å². The molecule has 8 rings (SSSR count). The molecule has 4 aliphatic rings. The SMILES string of the molecule is C[C@@H]1C[C@@H](c2ccc(OC(F)(F)F)c3ncccc23)CN(C(=O)NC2CCN(C)CC2)C1.C[C@@H]1C[C@H](c2ccc(OC(F)(F)F)c3ncccc23)CN(C(=O)NC2CCN(C)CC2)C1. The van der Waals surface area contributed by atoms with E-state index >= 15 is 0 Å². The Balaban J connectivity index is 0.000000191. The van der Waals surface area contributed by atoms with Gasteiger partial charge in [-0.3, -0.25) is 9.97 Å². The lowest BCUT2D eigenvalue weighted by molar-refractivity contribution is -0.275. The standard InChI is InChI=1S/2C23H29F3N4O2/c2*1-15-12-16(14-30(13-15)22(31)28-17-7-10-29(2)11-8-17)18-5-6-20(32-23(24,25)26)21-19(18)4-3-9-27-21/h2*3-6,9,15-17H,7-8,10-14H2,1-2H3,(H,28,31)/t15-,16+;15-,16-/m11/s1. The lowest BCUT2D eigenvalue weighted by Gasteiger charge is -2.38. The van der Waals surface area contributed by atoms with Crippen LogP contribution in [0.2, 0.25) is 0 Å². The second kappa shape index (κ2) is 20.0. The minimum absolute atomic E-state index is 0.00799. The van der Waals surface area contributed by atoms with Crippen molar-refractivity contribution in [2.75, 3.05) is 66.5 Å². The Morgan fingerprint density at radius 1 is 0.594 bits per heavy atom. The fourth-order valence-corrected chi connectivity index (χ4v) is 9.79. The van der Waals surface area contributed by atoms with Gasteiger partial charge in [0, 0.05) is 73.3 Å². The van der Waals surface area contributed by atoms with Crippen LogP contribution in [0.5, 0.6) is 11.5 Å². The molecule has 12 nitrogen and oxygen atoms in total. The molecule has 4 saturated heterocycles. The summed E-state index contributed by atoms with van der Waals surface area (Å²) in [5, 5.41) is 7.61. The molecule has 2 aromatic heterocycles. The van der Waals surface area contributed by atoms with Crippen LogP contribution in [-0.4, -0.2) is 133 Å². The molecule has 4 amide bonds. The molecule has 0 spiro atoms. The molecule has 348 valence electrons. The van der Waals surface area contributed by atoms with E-state index in [0.29, 0.717) is 37.0 Å². The van der Waals surface area contributed by atoms with E-state index in [0.717, 1.165) is 75.8 Å². The van der Waals surface area contributed by atoms with E-state index in [1.807, 2.05) is 9.80 Å². The number of alkyl halides is 6. The fourth-order valence-electron chi connectivity index (χ4n) is 9.79. The first kappa shape index (κ1) is 46.9. The Morgan fingerprint density at radius 3 is 1.33 bits per heavy atom. The summed E-state index contributed by atoms with van der Waals surface area (Å²) in [5.41, 5.74) is 2.16. The number of carbonyl (C=O) groups excluding carboxylic acids is 2. The van der Waals surface area contributed by atoms with Crippen LogP contribution >= 0.6 is 0 Å². The smallest absolute Gasteiger partial charge is 0.403 e. The summed E-state index contributed by atoms with van der Waals surface area (Å²) in [5.74, 6) is -0.0537. The van der Waals surface area contributed by atoms with Crippen molar-refractivity contribution in [3.8, 4) is 11.5 Å². The number of urea groups is 2. The topological polar surface area (TPSA) is 115 Å². The summed E-state index contributed by atoms with van der Waals surface area (Å²) >= 11 is 0. The highest BCUT2D eigenvalue weighted by molar-refractivity contribution is 5.89. The highest BCUT2D eigenvalue weighted by Crippen LogP contribution is 2.40. The van der Waals surface area contributed by atoms with Crippen LogP contribution in [0.3, 0.4) is 0 Å². The van der Waals surface area contributed by atoms with Crippen LogP contribution in [-0.2, 0) is 0 Å². The van der Waals surface area contributed by atoms with Gasteiger partial charge in [-0.2, -0.15) is 0 Å². The number of nitrogens with zero attached hydrogens (tertiary/aromatic N) is 6. The minimum atomic E-state index is -4.78. The summed E-state index contributed by atoms with van der Waals surface area (Å²) < 4.78 is 85.3. The van der Waals surface area contributed by atoms with E-state index in [4.69, 9.17) is 0 Å². The second-order valence-electron chi connectivity index (χ2n) is 18.1. The number of halogens is 6. The van der Waals surface area contributed by atoms with Gasteiger partial charge < -0.3 is 39.7 Å². The monoisotopic (exact) mass is 900 g/mol. The molecule has 4 atom stereocenters. The zero-order valence-electron chi connectivity index (χ0n) is 36.7. The highest BCUT2D eigenvalue weighted by atomic mass is 19.4. The van der Waals surface area contributed by atoms with Crippen molar-refractivity contribution in [3.05, 3.63) is 72.1 Å². The summed E-state index contributed by atoms with van der Waals surface area (Å²) in [4.78, 5) is 42.5. The van der Waals surface area contributed by atoms with E-state index in [1.54, 1.807) is 36.4 Å². The number of likely N-dealkylation sites (tertiary alicyclic amines) is 4. The van der Waals surface area contributed by atoms with Gasteiger partial charge in [-0.25, -0.2) is 9.59 Å². The van der Waals surface area contributed by atoms with Crippen molar-refractivity contribution in [1.29, 1.82) is 0 Å². The zero-order valence-corrected chi connectivity index (χ0v) is 36.7. The van der Waals surface area contributed by atoms with Crippen molar-refractivity contribution in [2.24, 2.45) is 11.8 Å². The van der Waals surface area contributed by atoms with Gasteiger partial charge in [0.25, 0.3) is 0 Å². The molecule has 4 aliphatic heterocycles. The van der Waals surface area contributed by atoms with Gasteiger partial charge in [-0.15, -0.1) is 26.3 Å². The Labute approximate surface area is 369 Å². The molecule has 0 radical (unpaired) electrons. The van der Waals surface area contributed by atoms with Crippen molar-refractivity contribution in [2.45, 2.75) is 89.0 Å². The van der Waals surface area contributed by atoms with Crippen molar-refractivity contribution in [1.82, 2.24) is 40.2 Å². The second-order valence-corrected chi connectivity index (χ2v) is 18.1. The van der Waals surface area contributed by atoms with Gasteiger partial charge in [0.15, 0.2) is 11.5 Å². The maximum Gasteiger partial charge on any atom is 0.573 e. The van der Waals surface area contributed by atoms with Crippen LogP contribution in [0.4, 0.5) is 35.9 Å². The number of hydrogen-bond acceptors (Lipinski definition) is 8. The fraction of sp³-hybridized carbons (Fsp3) is 0.565. The molecule has 0 saturated carbocycles. The summed E-state index contributed by atoms with van der Waals surface area (Å²) in [6.07, 6.45) is -1.21. The first-order valence-electron chi connectivity index (χ1n) is 22.1. The van der Waals surface area contributed by atoms with E-state index in [2.05, 4.69) is 67.8 Å². The number of piperidine rings is 4. The van der Waals surface area contributed by atoms with Crippen molar-refractivity contribution in [3.63, 3.8) is 0 Å². The molecule has 0 bridgehead atoms. The largest absolute Gasteiger partial charge is 0.573 e. The van der Waals surface area contributed by atoms with Gasteiger partial charge in [0.2, 0.25) is 0 Å². The molecule has 64 heavy (non-hydrogen) atoms. The molecular weight excluding hydrogens is 843 g/mol. The molecule has 18 heteroatoms. The Kier molecular flexibility index (Phi) is 14.6. The van der Waals surface area contributed by atoms with Crippen molar-refractivity contribution < 1.29 is 45.4 Å². The number of benzene rings is 2. The summed E-state index contributed by atoms with van der Waals surface area (Å²) in [7, 11) is 4.16. The van der Waals surface area contributed by atoms with E-state index in [1.165, 1.54) is 24.5 Å². The Bertz CT molecular complexity index is 2080. The van der Waals surface area contributed by atoms with Crippen LogP contribution < -0.4 is 20.1 Å². The molecule has 0 unspecified atom stereocenters. The predicted octanol–water partition coefficient (Wildman–Crippen LogP) is 8.73. The minimum Gasteiger partial charge on any atom is -0.403 e. The molecule has 2 aromatic carbocycles. The molecular formula is C46H58F6N8O4. The maximum atomic E-state index is 13.0. The number of hydrogen-bond donors (Lipinski definition) is 2. The third-order valence-corrected chi connectivity index (χ3v) is 12.8. The van der Waals surface area contributed by atoms with Crippen LogP contribution in [0.1, 0.15) is 75.3 Å². The number of pyridine rings is 2. The van der Waals surface area contributed by atoms with Gasteiger partial charge >= 0.3 is 24.8 Å². The highest BCUT2D eigenvalue weighted by Gasteiger charge is 2.36. The van der Waals surface area contributed by atoms with E-state index < -0.39 is 12.7 Å². The van der Waals surface area contributed by atoms with Crippen molar-refractivity contribution >= 4 is 33.9 Å². The lowest BCUT2D eigenvalue weighted by atomic mass is 9.83. The molecule has 2 N–H and O–H groups in total. The predicted molar refractivity (Wildman–Crippen MR) is 231 cm³/mol. The van der Waals surface area contributed by atoms with Crippen LogP contribution in [0.15, 0.2) is 60.9 Å². The average molecular weight is 901 g/mol. The van der Waals surface area contributed by atoms with Gasteiger partial charge in [0.1, 0.15) is 11.0 Å².